The van der Waals surface area contributed by atoms with Crippen LogP contribution in [0.25, 0.3) is 11.5 Å². The number of amides is 1. The molecule has 0 radical (unpaired) electrons. The van der Waals surface area contributed by atoms with E-state index >= 15 is 0 Å². The number of methoxy groups -OCH3 is 1. The van der Waals surface area contributed by atoms with Crippen molar-refractivity contribution >= 4 is 17.6 Å². The summed E-state index contributed by atoms with van der Waals surface area (Å²) in [6.45, 7) is 1.67. The summed E-state index contributed by atoms with van der Waals surface area (Å²) in [5.74, 6) is -0.228. The van der Waals surface area contributed by atoms with Crippen LogP contribution < -0.4 is 5.32 Å². The first-order valence-corrected chi connectivity index (χ1v) is 7.61. The fourth-order valence-electron chi connectivity index (χ4n) is 2.37. The number of carbonyl (C=O) groups excluding carboxylic acids is 2. The molecule has 0 aliphatic carbocycles. The molecule has 1 amide bonds. The highest BCUT2D eigenvalue weighted by Gasteiger charge is 2.20. The minimum absolute atomic E-state index is 0.165. The number of hydrogen-bond donors (Lipinski definition) is 1. The Morgan fingerprint density at radius 2 is 1.72 bits per heavy atom. The van der Waals surface area contributed by atoms with Gasteiger partial charge in [0.2, 0.25) is 5.89 Å². The van der Waals surface area contributed by atoms with Crippen molar-refractivity contribution in [2.24, 2.45) is 0 Å². The molecule has 0 saturated carbocycles. The third-order valence-corrected chi connectivity index (χ3v) is 3.61. The molecule has 1 aromatic heterocycles. The first kappa shape index (κ1) is 16.4. The monoisotopic (exact) mass is 336 g/mol. The Bertz CT molecular complexity index is 916. The van der Waals surface area contributed by atoms with Crippen LogP contribution >= 0.6 is 0 Å². The van der Waals surface area contributed by atoms with Crippen LogP contribution in [0.4, 0.5) is 5.69 Å². The Hall–Kier alpha value is -3.41. The van der Waals surface area contributed by atoms with E-state index < -0.39 is 11.9 Å². The zero-order valence-corrected chi connectivity index (χ0v) is 13.8. The Morgan fingerprint density at radius 3 is 2.44 bits per heavy atom. The summed E-state index contributed by atoms with van der Waals surface area (Å²) in [4.78, 5) is 28.6. The number of aromatic nitrogens is 1. The van der Waals surface area contributed by atoms with E-state index in [1.54, 1.807) is 31.2 Å². The molecular formula is C19H16N2O4. The van der Waals surface area contributed by atoms with Crippen LogP contribution in [0.2, 0.25) is 0 Å². The van der Waals surface area contributed by atoms with Gasteiger partial charge in [-0.15, -0.1) is 0 Å². The Labute approximate surface area is 144 Å². The number of esters is 1. The van der Waals surface area contributed by atoms with Gasteiger partial charge in [-0.1, -0.05) is 30.3 Å². The van der Waals surface area contributed by atoms with Crippen molar-refractivity contribution in [3.63, 3.8) is 0 Å². The number of anilines is 1. The summed E-state index contributed by atoms with van der Waals surface area (Å²) >= 11 is 0. The molecular weight excluding hydrogens is 320 g/mol. The summed E-state index contributed by atoms with van der Waals surface area (Å²) < 4.78 is 10.3. The third kappa shape index (κ3) is 3.42. The average molecular weight is 336 g/mol. The van der Waals surface area contributed by atoms with Gasteiger partial charge in [-0.25, -0.2) is 9.78 Å². The summed E-state index contributed by atoms with van der Waals surface area (Å²) in [6, 6.07) is 15.9. The van der Waals surface area contributed by atoms with Gasteiger partial charge in [0.1, 0.15) is 5.76 Å². The molecule has 25 heavy (non-hydrogen) atoms. The Balaban J connectivity index is 1.88. The van der Waals surface area contributed by atoms with E-state index in [-0.39, 0.29) is 11.3 Å². The van der Waals surface area contributed by atoms with Gasteiger partial charge in [0, 0.05) is 5.56 Å². The molecule has 0 spiro atoms. The molecule has 3 aromatic rings. The molecule has 1 heterocycles. The number of benzene rings is 2. The molecule has 126 valence electrons. The number of nitrogens with zero attached hydrogens (tertiary/aromatic N) is 1. The van der Waals surface area contributed by atoms with Crippen LogP contribution in [0.15, 0.2) is 59.0 Å². The molecule has 0 saturated heterocycles. The molecule has 0 unspecified atom stereocenters. The predicted octanol–water partition coefficient (Wildman–Crippen LogP) is 3.69. The van der Waals surface area contributed by atoms with Gasteiger partial charge in [0.05, 0.1) is 18.4 Å². The smallest absolute Gasteiger partial charge is 0.339 e. The number of para-hydroxylation sites is 1. The lowest BCUT2D eigenvalue weighted by Gasteiger charge is -2.08. The summed E-state index contributed by atoms with van der Waals surface area (Å²) in [5, 5.41) is 2.69. The van der Waals surface area contributed by atoms with Crippen LogP contribution in [0, 0.1) is 6.92 Å². The van der Waals surface area contributed by atoms with Gasteiger partial charge in [-0.3, -0.25) is 4.79 Å². The Morgan fingerprint density at radius 1 is 1.04 bits per heavy atom. The van der Waals surface area contributed by atoms with Crippen molar-refractivity contribution in [1.82, 2.24) is 4.98 Å². The summed E-state index contributed by atoms with van der Waals surface area (Å²) in [6.07, 6.45) is 0. The molecule has 0 atom stereocenters. The molecule has 3 rings (SSSR count). The van der Waals surface area contributed by atoms with E-state index in [2.05, 4.69) is 10.3 Å². The largest absolute Gasteiger partial charge is 0.465 e. The van der Waals surface area contributed by atoms with Crippen LogP contribution in [0.3, 0.4) is 0 Å². The van der Waals surface area contributed by atoms with E-state index in [4.69, 9.17) is 9.15 Å². The van der Waals surface area contributed by atoms with Crippen molar-refractivity contribution < 1.29 is 18.7 Å². The highest BCUT2D eigenvalue weighted by atomic mass is 16.5. The summed E-state index contributed by atoms with van der Waals surface area (Å²) in [5.41, 5.74) is 1.56. The predicted molar refractivity (Wildman–Crippen MR) is 92.4 cm³/mol. The number of hydrogen-bond acceptors (Lipinski definition) is 5. The molecule has 1 N–H and O–H groups in total. The number of ether oxygens (including phenoxy) is 1. The third-order valence-electron chi connectivity index (χ3n) is 3.61. The number of nitrogens with one attached hydrogen (secondary N) is 1. The minimum Gasteiger partial charge on any atom is -0.465 e. The molecule has 2 aromatic carbocycles. The van der Waals surface area contributed by atoms with Crippen molar-refractivity contribution in [2.75, 3.05) is 12.4 Å². The van der Waals surface area contributed by atoms with Gasteiger partial charge >= 0.3 is 5.97 Å². The van der Waals surface area contributed by atoms with Crippen molar-refractivity contribution in [2.45, 2.75) is 6.92 Å². The number of rotatable bonds is 4. The van der Waals surface area contributed by atoms with Crippen LogP contribution in [0.5, 0.6) is 0 Å². The van der Waals surface area contributed by atoms with Gasteiger partial charge in [-0.2, -0.15) is 0 Å². The quantitative estimate of drug-likeness (QED) is 0.735. The highest BCUT2D eigenvalue weighted by Crippen LogP contribution is 2.23. The van der Waals surface area contributed by atoms with Crippen molar-refractivity contribution in [3.05, 3.63) is 71.6 Å². The topological polar surface area (TPSA) is 81.4 Å². The normalized spacial score (nSPS) is 10.3. The number of aryl methyl sites for hydroxylation is 1. The van der Waals surface area contributed by atoms with E-state index in [1.165, 1.54) is 7.11 Å². The van der Waals surface area contributed by atoms with E-state index in [1.807, 2.05) is 30.3 Å². The Kier molecular flexibility index (Phi) is 4.61. The molecule has 6 heteroatoms. The lowest BCUT2D eigenvalue weighted by molar-refractivity contribution is 0.0602. The van der Waals surface area contributed by atoms with Crippen molar-refractivity contribution in [3.8, 4) is 11.5 Å². The zero-order chi connectivity index (χ0) is 17.8. The first-order valence-electron chi connectivity index (χ1n) is 7.61. The molecule has 6 nitrogen and oxygen atoms in total. The highest BCUT2D eigenvalue weighted by molar-refractivity contribution is 6.07. The van der Waals surface area contributed by atoms with Gasteiger partial charge in [-0.05, 0) is 31.2 Å². The van der Waals surface area contributed by atoms with Crippen molar-refractivity contribution in [1.29, 1.82) is 0 Å². The van der Waals surface area contributed by atoms with Crippen LogP contribution in [0.1, 0.15) is 26.6 Å². The van der Waals surface area contributed by atoms with Crippen LogP contribution in [-0.4, -0.2) is 24.0 Å². The lowest BCUT2D eigenvalue weighted by Crippen LogP contribution is -2.16. The maximum Gasteiger partial charge on any atom is 0.339 e. The standard InChI is InChI=1S/C19H16N2O4/c1-12-16(21-18(25-12)13-8-4-3-5-9-13)17(22)20-15-11-7-6-10-14(15)19(23)24-2/h3-11H,1-2H3,(H,20,22). The maximum absolute atomic E-state index is 12.6. The van der Waals surface area contributed by atoms with E-state index in [0.717, 1.165) is 5.56 Å². The molecule has 0 bridgehead atoms. The van der Waals surface area contributed by atoms with Gasteiger partial charge in [0.15, 0.2) is 5.69 Å². The molecule has 0 fully saturated rings. The number of carbonyl (C=O) groups is 2. The fraction of sp³-hybridized carbons (Fsp3) is 0.105. The second kappa shape index (κ2) is 7.00. The fourth-order valence-corrected chi connectivity index (χ4v) is 2.37. The first-order chi connectivity index (χ1) is 12.1. The van der Waals surface area contributed by atoms with E-state index in [0.29, 0.717) is 17.3 Å². The molecule has 0 aliphatic heterocycles. The van der Waals surface area contributed by atoms with Crippen LogP contribution in [-0.2, 0) is 4.74 Å². The second-order valence-corrected chi connectivity index (χ2v) is 5.28. The average Bonchev–Trinajstić information content (AvgIpc) is 3.04. The second-order valence-electron chi connectivity index (χ2n) is 5.28. The zero-order valence-electron chi connectivity index (χ0n) is 13.8. The number of oxazole rings is 1. The van der Waals surface area contributed by atoms with E-state index in [9.17, 15) is 9.59 Å². The minimum atomic E-state index is -0.530. The van der Waals surface area contributed by atoms with Gasteiger partial charge < -0.3 is 14.5 Å². The molecule has 0 aliphatic rings. The summed E-state index contributed by atoms with van der Waals surface area (Å²) in [7, 11) is 1.29. The maximum atomic E-state index is 12.6. The van der Waals surface area contributed by atoms with Gasteiger partial charge in [0.25, 0.3) is 5.91 Å². The SMILES string of the molecule is COC(=O)c1ccccc1NC(=O)c1nc(-c2ccccc2)oc1C. The lowest BCUT2D eigenvalue weighted by atomic mass is 10.1.